The van der Waals surface area contributed by atoms with Gasteiger partial charge in [0, 0.05) is 32.9 Å². The van der Waals surface area contributed by atoms with Crippen LogP contribution in [0.15, 0.2) is 223 Å². The van der Waals surface area contributed by atoms with E-state index in [2.05, 4.69) is 202 Å². The molecule has 12 rings (SSSR count). The molecule has 2 aromatic heterocycles. The van der Waals surface area contributed by atoms with Gasteiger partial charge in [-0.3, -0.25) is 0 Å². The number of fused-ring (bicyclic) bond motifs is 6. The molecule has 0 saturated heterocycles. The number of aromatic nitrogens is 2. The summed E-state index contributed by atoms with van der Waals surface area (Å²) in [5.41, 5.74) is 21.0. The lowest BCUT2D eigenvalue weighted by Gasteiger charge is -2.21. The lowest BCUT2D eigenvalue weighted by Crippen LogP contribution is -2.14. The van der Waals surface area contributed by atoms with Gasteiger partial charge in [0.05, 0.1) is 11.4 Å². The average molecular weight is 819 g/mol. The highest BCUT2D eigenvalue weighted by molar-refractivity contribution is 6.06. The Morgan fingerprint density at radius 3 is 1.62 bits per heavy atom. The second kappa shape index (κ2) is 15.0. The van der Waals surface area contributed by atoms with Gasteiger partial charge in [0.25, 0.3) is 0 Å². The zero-order valence-corrected chi connectivity index (χ0v) is 35.6. The maximum Gasteiger partial charge on any atom is 0.160 e. The minimum atomic E-state index is -0.0602. The van der Waals surface area contributed by atoms with Gasteiger partial charge in [-0.2, -0.15) is 0 Å². The van der Waals surface area contributed by atoms with Crippen molar-refractivity contribution in [3.05, 3.63) is 230 Å². The fourth-order valence-corrected chi connectivity index (χ4v) is 9.80. The minimum absolute atomic E-state index is 0.0602. The molecule has 0 bridgehead atoms. The third-order valence-electron chi connectivity index (χ3n) is 13.1. The molecule has 1 aliphatic rings. The summed E-state index contributed by atoms with van der Waals surface area (Å²) in [4.78, 5) is 10.6. The maximum absolute atomic E-state index is 6.25. The predicted molar refractivity (Wildman–Crippen MR) is 265 cm³/mol. The Kier molecular flexibility index (Phi) is 8.84. The van der Waals surface area contributed by atoms with E-state index in [9.17, 15) is 0 Å². The minimum Gasteiger partial charge on any atom is -0.456 e. The number of rotatable bonds is 7. The molecule has 1 aliphatic carbocycles. The van der Waals surface area contributed by atoms with E-state index in [1.165, 1.54) is 44.5 Å². The van der Waals surface area contributed by atoms with Crippen molar-refractivity contribution in [3.8, 4) is 89.5 Å². The predicted octanol–water partition coefficient (Wildman–Crippen LogP) is 16.4. The third kappa shape index (κ3) is 6.44. The monoisotopic (exact) mass is 818 g/mol. The molecule has 0 spiro atoms. The van der Waals surface area contributed by atoms with Crippen LogP contribution >= 0.6 is 0 Å². The molecule has 0 atom stereocenters. The van der Waals surface area contributed by atoms with Crippen molar-refractivity contribution in [1.29, 1.82) is 0 Å². The summed E-state index contributed by atoms with van der Waals surface area (Å²) < 4.78 is 6.25. The van der Waals surface area contributed by atoms with Crippen molar-refractivity contribution in [2.24, 2.45) is 0 Å². The molecule has 64 heavy (non-hydrogen) atoms. The van der Waals surface area contributed by atoms with E-state index in [0.717, 1.165) is 72.3 Å². The van der Waals surface area contributed by atoms with Gasteiger partial charge in [-0.25, -0.2) is 9.97 Å². The number of hydrogen-bond acceptors (Lipinski definition) is 3. The van der Waals surface area contributed by atoms with Crippen molar-refractivity contribution in [3.63, 3.8) is 0 Å². The summed E-state index contributed by atoms with van der Waals surface area (Å²) in [5.74, 6) is 0.682. The van der Waals surface area contributed by atoms with Gasteiger partial charge in [0.2, 0.25) is 0 Å². The van der Waals surface area contributed by atoms with Gasteiger partial charge in [-0.15, -0.1) is 0 Å². The summed E-state index contributed by atoms with van der Waals surface area (Å²) in [6.45, 7) is 4.67. The Hall–Kier alpha value is -8.14. The molecule has 0 N–H and O–H groups in total. The van der Waals surface area contributed by atoms with E-state index < -0.39 is 0 Å². The van der Waals surface area contributed by atoms with Gasteiger partial charge >= 0.3 is 0 Å². The molecule has 9 aromatic carbocycles. The van der Waals surface area contributed by atoms with Crippen molar-refractivity contribution < 1.29 is 4.42 Å². The molecular formula is C61H42N2O. The first-order valence-corrected chi connectivity index (χ1v) is 22.0. The van der Waals surface area contributed by atoms with Gasteiger partial charge in [-0.05, 0) is 115 Å². The highest BCUT2D eigenvalue weighted by atomic mass is 16.3. The molecular weight excluding hydrogens is 777 g/mol. The summed E-state index contributed by atoms with van der Waals surface area (Å²) in [6.07, 6.45) is 0. The van der Waals surface area contributed by atoms with Crippen LogP contribution in [0.1, 0.15) is 25.0 Å². The molecule has 0 unspecified atom stereocenters. The van der Waals surface area contributed by atoms with E-state index >= 15 is 0 Å². The Bertz CT molecular complexity index is 3560. The largest absolute Gasteiger partial charge is 0.456 e. The Morgan fingerprint density at radius 1 is 0.328 bits per heavy atom. The van der Waals surface area contributed by atoms with Crippen LogP contribution < -0.4 is 0 Å². The SMILES string of the molecule is CC1(C)c2ccccc2-c2c(-c3ccc(-c4cc(-c5cc(-c6cccc(-c7ccccc7)c6)cc(-c6ccc7oc8ccccc8c7c6)c5)nc(-c5ccccc5)n4)cc3)cccc21. The number of para-hydroxylation sites is 1. The van der Waals surface area contributed by atoms with Crippen LogP contribution in [0.5, 0.6) is 0 Å². The standard InChI is InChI=1S/C61H42N2O/c1-61(2)53-24-11-9-22-51(53)59-49(23-14-25-54(59)61)40-27-29-41(30-28-40)55-38-56(63-60(62-55)42-17-7-4-8-18-42)48-35-46(44-20-13-19-43(33-44)39-15-5-3-6-16-39)34-47(36-48)45-31-32-58-52(37-45)50-21-10-12-26-57(50)64-58/h3-38H,1-2H3. The van der Waals surface area contributed by atoms with Gasteiger partial charge < -0.3 is 4.42 Å². The van der Waals surface area contributed by atoms with Crippen LogP contribution in [0.2, 0.25) is 0 Å². The molecule has 3 nitrogen and oxygen atoms in total. The average Bonchev–Trinajstić information content (AvgIpc) is 3.85. The topological polar surface area (TPSA) is 38.9 Å². The van der Waals surface area contributed by atoms with Crippen molar-refractivity contribution in [2.45, 2.75) is 19.3 Å². The normalized spacial score (nSPS) is 12.7. The van der Waals surface area contributed by atoms with Crippen LogP contribution in [0, 0.1) is 0 Å². The number of furan rings is 1. The summed E-state index contributed by atoms with van der Waals surface area (Å²) >= 11 is 0. The molecule has 0 aliphatic heterocycles. The maximum atomic E-state index is 6.25. The molecule has 11 aromatic rings. The van der Waals surface area contributed by atoms with Gasteiger partial charge in [0.15, 0.2) is 5.82 Å². The number of nitrogens with zero attached hydrogens (tertiary/aromatic N) is 2. The second-order valence-corrected chi connectivity index (χ2v) is 17.4. The number of hydrogen-bond donors (Lipinski definition) is 0. The summed E-state index contributed by atoms with van der Waals surface area (Å²) in [6, 6.07) is 78.0. The Labute approximate surface area is 373 Å². The zero-order valence-electron chi connectivity index (χ0n) is 35.6. The van der Waals surface area contributed by atoms with Crippen LogP contribution in [-0.4, -0.2) is 9.97 Å². The molecule has 2 heterocycles. The van der Waals surface area contributed by atoms with E-state index in [1.807, 2.05) is 30.3 Å². The Balaban J connectivity index is 1.01. The lowest BCUT2D eigenvalue weighted by molar-refractivity contribution is 0.660. The fraction of sp³-hybridized carbons (Fsp3) is 0.0492. The van der Waals surface area contributed by atoms with Crippen molar-refractivity contribution in [2.75, 3.05) is 0 Å². The second-order valence-electron chi connectivity index (χ2n) is 17.4. The first-order chi connectivity index (χ1) is 31.4. The van der Waals surface area contributed by atoms with E-state index in [4.69, 9.17) is 14.4 Å². The first-order valence-electron chi connectivity index (χ1n) is 22.0. The zero-order chi connectivity index (χ0) is 42.8. The molecule has 0 fully saturated rings. The van der Waals surface area contributed by atoms with Crippen molar-refractivity contribution >= 4 is 21.9 Å². The molecule has 302 valence electrons. The first kappa shape index (κ1) is 37.6. The lowest BCUT2D eigenvalue weighted by atomic mass is 9.82. The highest BCUT2D eigenvalue weighted by Gasteiger charge is 2.36. The third-order valence-corrected chi connectivity index (χ3v) is 13.1. The molecule has 0 radical (unpaired) electrons. The molecule has 3 heteroatoms. The summed E-state index contributed by atoms with van der Waals surface area (Å²) in [7, 11) is 0. The molecule has 0 amide bonds. The number of benzene rings is 9. The van der Waals surface area contributed by atoms with E-state index in [-0.39, 0.29) is 5.41 Å². The van der Waals surface area contributed by atoms with Crippen LogP contribution in [0.4, 0.5) is 0 Å². The van der Waals surface area contributed by atoms with Crippen molar-refractivity contribution in [1.82, 2.24) is 9.97 Å². The summed E-state index contributed by atoms with van der Waals surface area (Å²) in [5, 5.41) is 2.20. The quantitative estimate of drug-likeness (QED) is 0.161. The van der Waals surface area contributed by atoms with Crippen LogP contribution in [0.3, 0.4) is 0 Å². The fourth-order valence-electron chi connectivity index (χ4n) is 9.80. The van der Waals surface area contributed by atoms with Gasteiger partial charge in [-0.1, -0.05) is 184 Å². The van der Waals surface area contributed by atoms with Gasteiger partial charge in [0.1, 0.15) is 11.2 Å². The Morgan fingerprint density at radius 2 is 0.844 bits per heavy atom. The highest BCUT2D eigenvalue weighted by Crippen LogP contribution is 2.52. The van der Waals surface area contributed by atoms with E-state index in [0.29, 0.717) is 5.82 Å². The smallest absolute Gasteiger partial charge is 0.160 e. The van der Waals surface area contributed by atoms with Crippen LogP contribution in [-0.2, 0) is 5.41 Å². The van der Waals surface area contributed by atoms with E-state index in [1.54, 1.807) is 0 Å². The molecule has 0 saturated carbocycles. The van der Waals surface area contributed by atoms with Crippen LogP contribution in [0.25, 0.3) is 111 Å².